The summed E-state index contributed by atoms with van der Waals surface area (Å²) in [5.41, 5.74) is 3.90. The van der Waals surface area contributed by atoms with Crippen molar-refractivity contribution >= 4 is 5.78 Å². The zero-order chi connectivity index (χ0) is 14.0. The van der Waals surface area contributed by atoms with Gasteiger partial charge in [0.1, 0.15) is 5.75 Å². The molecule has 0 fully saturated rings. The Morgan fingerprint density at radius 1 is 1.16 bits per heavy atom. The van der Waals surface area contributed by atoms with Crippen molar-refractivity contribution in [1.82, 2.24) is 9.97 Å². The number of nitrogens with zero attached hydrogens (tertiary/aromatic N) is 2. The number of carbonyl (C=O) groups is 1. The van der Waals surface area contributed by atoms with E-state index >= 15 is 0 Å². The SMILES string of the molecule is COc1ccc(-c2ccnc(C(C)=O)n2)c(C)c1C. The highest BCUT2D eigenvalue weighted by molar-refractivity contribution is 5.90. The largest absolute Gasteiger partial charge is 0.496 e. The maximum absolute atomic E-state index is 11.3. The van der Waals surface area contributed by atoms with Gasteiger partial charge in [-0.2, -0.15) is 0 Å². The minimum absolute atomic E-state index is 0.135. The minimum Gasteiger partial charge on any atom is -0.496 e. The molecule has 4 nitrogen and oxygen atoms in total. The highest BCUT2D eigenvalue weighted by Crippen LogP contribution is 2.29. The molecule has 0 amide bonds. The summed E-state index contributed by atoms with van der Waals surface area (Å²) in [6.07, 6.45) is 1.61. The zero-order valence-corrected chi connectivity index (χ0v) is 11.5. The number of methoxy groups -OCH3 is 1. The molecule has 0 N–H and O–H groups in total. The molecule has 19 heavy (non-hydrogen) atoms. The van der Waals surface area contributed by atoms with Gasteiger partial charge >= 0.3 is 0 Å². The Morgan fingerprint density at radius 3 is 2.53 bits per heavy atom. The van der Waals surface area contributed by atoms with Gasteiger partial charge in [-0.05, 0) is 43.2 Å². The molecule has 98 valence electrons. The molecular formula is C15H16N2O2. The summed E-state index contributed by atoms with van der Waals surface area (Å²) in [6, 6.07) is 5.67. The summed E-state index contributed by atoms with van der Waals surface area (Å²) >= 11 is 0. The second-order valence-corrected chi connectivity index (χ2v) is 4.39. The van der Waals surface area contributed by atoms with Crippen molar-refractivity contribution in [3.05, 3.63) is 41.3 Å². The fourth-order valence-electron chi connectivity index (χ4n) is 1.97. The highest BCUT2D eigenvalue weighted by atomic mass is 16.5. The van der Waals surface area contributed by atoms with Gasteiger partial charge in [0.15, 0.2) is 11.6 Å². The molecule has 0 aliphatic carbocycles. The van der Waals surface area contributed by atoms with E-state index in [1.54, 1.807) is 19.4 Å². The van der Waals surface area contributed by atoms with Crippen molar-refractivity contribution in [1.29, 1.82) is 0 Å². The van der Waals surface area contributed by atoms with E-state index in [1.165, 1.54) is 6.92 Å². The molecule has 1 heterocycles. The number of hydrogen-bond acceptors (Lipinski definition) is 4. The first-order valence-electron chi connectivity index (χ1n) is 6.03. The van der Waals surface area contributed by atoms with E-state index in [0.29, 0.717) is 0 Å². The van der Waals surface area contributed by atoms with Crippen LogP contribution in [0.1, 0.15) is 28.7 Å². The first kappa shape index (κ1) is 13.2. The van der Waals surface area contributed by atoms with Crippen LogP contribution in [0, 0.1) is 13.8 Å². The van der Waals surface area contributed by atoms with Crippen LogP contribution in [0.15, 0.2) is 24.4 Å². The summed E-state index contributed by atoms with van der Waals surface area (Å²) in [6.45, 7) is 5.48. The topological polar surface area (TPSA) is 52.1 Å². The van der Waals surface area contributed by atoms with E-state index in [-0.39, 0.29) is 11.6 Å². The summed E-state index contributed by atoms with van der Waals surface area (Å²) in [5, 5.41) is 0. The fourth-order valence-corrected chi connectivity index (χ4v) is 1.97. The lowest BCUT2D eigenvalue weighted by Gasteiger charge is -2.12. The molecule has 0 saturated carbocycles. The van der Waals surface area contributed by atoms with Crippen LogP contribution in [0.4, 0.5) is 0 Å². The Hall–Kier alpha value is -2.23. The third-order valence-corrected chi connectivity index (χ3v) is 3.20. The van der Waals surface area contributed by atoms with Gasteiger partial charge < -0.3 is 4.74 Å². The number of aromatic nitrogens is 2. The van der Waals surface area contributed by atoms with Crippen LogP contribution in [-0.4, -0.2) is 22.9 Å². The van der Waals surface area contributed by atoms with Crippen molar-refractivity contribution in [2.75, 3.05) is 7.11 Å². The van der Waals surface area contributed by atoms with Gasteiger partial charge in [-0.1, -0.05) is 0 Å². The number of ether oxygens (including phenoxy) is 1. The number of carbonyl (C=O) groups excluding carboxylic acids is 1. The summed E-state index contributed by atoms with van der Waals surface area (Å²) in [4.78, 5) is 19.6. The molecule has 0 atom stereocenters. The maximum Gasteiger partial charge on any atom is 0.196 e. The van der Waals surface area contributed by atoms with Gasteiger partial charge in [0.25, 0.3) is 0 Å². The van der Waals surface area contributed by atoms with Gasteiger partial charge in [0.2, 0.25) is 0 Å². The molecule has 0 bridgehead atoms. The van der Waals surface area contributed by atoms with E-state index in [1.807, 2.05) is 26.0 Å². The van der Waals surface area contributed by atoms with Gasteiger partial charge in [-0.3, -0.25) is 4.79 Å². The predicted molar refractivity (Wildman–Crippen MR) is 73.5 cm³/mol. The molecule has 0 saturated heterocycles. The summed E-state index contributed by atoms with van der Waals surface area (Å²) in [7, 11) is 1.65. The smallest absolute Gasteiger partial charge is 0.196 e. The average molecular weight is 256 g/mol. The predicted octanol–water partition coefficient (Wildman–Crippen LogP) is 2.97. The van der Waals surface area contributed by atoms with Crippen LogP contribution in [0.5, 0.6) is 5.75 Å². The number of Topliss-reactive ketones (excluding diaryl/α,β-unsaturated/α-hetero) is 1. The number of ketones is 1. The summed E-state index contributed by atoms with van der Waals surface area (Å²) < 4.78 is 5.29. The molecule has 0 aliphatic heterocycles. The van der Waals surface area contributed by atoms with E-state index in [9.17, 15) is 4.79 Å². The van der Waals surface area contributed by atoms with Crippen molar-refractivity contribution in [2.45, 2.75) is 20.8 Å². The number of hydrogen-bond donors (Lipinski definition) is 0. The molecule has 0 radical (unpaired) electrons. The Labute approximate surface area is 112 Å². The fraction of sp³-hybridized carbons (Fsp3) is 0.267. The van der Waals surface area contributed by atoms with Gasteiger partial charge in [0, 0.05) is 18.7 Å². The van der Waals surface area contributed by atoms with Gasteiger partial charge in [-0.15, -0.1) is 0 Å². The van der Waals surface area contributed by atoms with Crippen molar-refractivity contribution in [3.8, 4) is 17.0 Å². The summed E-state index contributed by atoms with van der Waals surface area (Å²) in [5.74, 6) is 0.956. The molecule has 1 aromatic carbocycles. The van der Waals surface area contributed by atoms with Gasteiger partial charge in [0.05, 0.1) is 12.8 Å². The van der Waals surface area contributed by atoms with Crippen molar-refractivity contribution in [2.24, 2.45) is 0 Å². The maximum atomic E-state index is 11.3. The van der Waals surface area contributed by atoms with Crippen molar-refractivity contribution < 1.29 is 9.53 Å². The molecule has 4 heteroatoms. The van der Waals surface area contributed by atoms with Crippen LogP contribution in [0.25, 0.3) is 11.3 Å². The lowest BCUT2D eigenvalue weighted by molar-refractivity contribution is 0.100. The zero-order valence-electron chi connectivity index (χ0n) is 11.5. The van der Waals surface area contributed by atoms with Crippen LogP contribution in [0.3, 0.4) is 0 Å². The lowest BCUT2D eigenvalue weighted by atomic mass is 10.00. The molecule has 2 aromatic rings. The van der Waals surface area contributed by atoms with E-state index < -0.39 is 0 Å². The Kier molecular flexibility index (Phi) is 3.60. The molecule has 2 rings (SSSR count). The average Bonchev–Trinajstić information content (AvgIpc) is 2.42. The molecule has 1 aromatic heterocycles. The van der Waals surface area contributed by atoms with E-state index in [2.05, 4.69) is 9.97 Å². The van der Waals surface area contributed by atoms with Crippen LogP contribution in [0.2, 0.25) is 0 Å². The standard InChI is InChI=1S/C15H16N2O2/c1-9-10(2)14(19-4)6-5-12(9)13-7-8-16-15(17-13)11(3)18/h5-8H,1-4H3. The molecule has 0 unspecified atom stereocenters. The molecular weight excluding hydrogens is 240 g/mol. The Morgan fingerprint density at radius 2 is 1.89 bits per heavy atom. The third kappa shape index (κ3) is 2.47. The van der Waals surface area contributed by atoms with Crippen molar-refractivity contribution in [3.63, 3.8) is 0 Å². The Balaban J connectivity index is 2.56. The van der Waals surface area contributed by atoms with Crippen LogP contribution >= 0.6 is 0 Å². The number of rotatable bonds is 3. The first-order valence-corrected chi connectivity index (χ1v) is 6.03. The highest BCUT2D eigenvalue weighted by Gasteiger charge is 2.11. The normalized spacial score (nSPS) is 10.3. The third-order valence-electron chi connectivity index (χ3n) is 3.20. The van der Waals surface area contributed by atoms with Gasteiger partial charge in [-0.25, -0.2) is 9.97 Å². The monoisotopic (exact) mass is 256 g/mol. The lowest BCUT2D eigenvalue weighted by Crippen LogP contribution is -2.02. The number of benzene rings is 1. The van der Waals surface area contributed by atoms with Crippen LogP contribution in [-0.2, 0) is 0 Å². The quantitative estimate of drug-likeness (QED) is 0.792. The van der Waals surface area contributed by atoms with E-state index in [4.69, 9.17) is 4.74 Å². The second kappa shape index (κ2) is 5.18. The minimum atomic E-state index is -0.135. The second-order valence-electron chi connectivity index (χ2n) is 4.39. The Bertz CT molecular complexity index is 636. The van der Waals surface area contributed by atoms with E-state index in [0.717, 1.165) is 28.1 Å². The van der Waals surface area contributed by atoms with Crippen LogP contribution < -0.4 is 4.74 Å². The molecule has 0 aliphatic rings. The molecule has 0 spiro atoms. The first-order chi connectivity index (χ1) is 9.04.